The van der Waals surface area contributed by atoms with E-state index in [1.807, 2.05) is 0 Å². The Bertz CT molecular complexity index is 365. The Kier molecular flexibility index (Phi) is 4.47. The molecule has 0 saturated carbocycles. The molecule has 0 fully saturated rings. The number of methoxy groups -OCH3 is 1. The molecule has 0 aliphatic carbocycles. The maximum absolute atomic E-state index is 12.7. The Morgan fingerprint density at radius 3 is 2.59 bits per heavy atom. The first-order chi connectivity index (χ1) is 7.90. The van der Waals surface area contributed by atoms with E-state index in [0.29, 0.717) is 6.61 Å². The zero-order valence-corrected chi connectivity index (χ0v) is 9.53. The number of hydrogen-bond donors (Lipinski definition) is 1. The quantitative estimate of drug-likeness (QED) is 0.852. The molecule has 1 aromatic rings. The van der Waals surface area contributed by atoms with Crippen molar-refractivity contribution in [2.75, 3.05) is 13.7 Å². The number of nitrogens with zero attached hydrogens (tertiary/aromatic N) is 3. The van der Waals surface area contributed by atoms with E-state index in [0.717, 1.165) is 4.68 Å². The van der Waals surface area contributed by atoms with Crippen LogP contribution in [0.15, 0.2) is 0 Å². The van der Waals surface area contributed by atoms with Crippen molar-refractivity contribution < 1.29 is 23.0 Å². The van der Waals surface area contributed by atoms with Gasteiger partial charge in [-0.25, -0.2) is 4.68 Å². The minimum Gasteiger partial charge on any atom is -0.390 e. The summed E-state index contributed by atoms with van der Waals surface area (Å²) in [5, 5.41) is 15.5. The summed E-state index contributed by atoms with van der Waals surface area (Å²) in [5.74, 6) is -0.130. The van der Waals surface area contributed by atoms with Gasteiger partial charge < -0.3 is 9.84 Å². The second-order valence-corrected chi connectivity index (χ2v) is 3.78. The number of halogens is 3. The lowest BCUT2D eigenvalue weighted by molar-refractivity contribution is -0.145. The number of aromatic nitrogens is 3. The summed E-state index contributed by atoms with van der Waals surface area (Å²) in [6.07, 6.45) is -4.58. The molecule has 98 valence electrons. The SMILES string of the molecule is COCC(C)Cn1nnc(CO)c1C(F)(F)F. The molecule has 0 radical (unpaired) electrons. The third kappa shape index (κ3) is 3.40. The van der Waals surface area contributed by atoms with E-state index >= 15 is 0 Å². The molecule has 0 aromatic carbocycles. The molecule has 1 unspecified atom stereocenters. The summed E-state index contributed by atoms with van der Waals surface area (Å²) < 4.78 is 43.8. The molecule has 0 amide bonds. The minimum atomic E-state index is -4.58. The highest BCUT2D eigenvalue weighted by Crippen LogP contribution is 2.31. The number of aliphatic hydroxyl groups is 1. The summed E-state index contributed by atoms with van der Waals surface area (Å²) in [7, 11) is 1.47. The number of alkyl halides is 3. The lowest BCUT2D eigenvalue weighted by Crippen LogP contribution is -2.21. The fourth-order valence-corrected chi connectivity index (χ4v) is 1.53. The van der Waals surface area contributed by atoms with Crippen LogP contribution < -0.4 is 0 Å². The molecule has 0 spiro atoms. The monoisotopic (exact) mass is 253 g/mol. The average Bonchev–Trinajstić information content (AvgIpc) is 2.60. The van der Waals surface area contributed by atoms with Crippen LogP contribution in [-0.4, -0.2) is 33.8 Å². The molecule has 0 aliphatic rings. The zero-order valence-electron chi connectivity index (χ0n) is 9.53. The van der Waals surface area contributed by atoms with Crippen LogP contribution >= 0.6 is 0 Å². The first-order valence-corrected chi connectivity index (χ1v) is 4.99. The van der Waals surface area contributed by atoms with Crippen LogP contribution in [0.3, 0.4) is 0 Å². The topological polar surface area (TPSA) is 60.2 Å². The van der Waals surface area contributed by atoms with E-state index in [1.54, 1.807) is 6.92 Å². The molecular weight excluding hydrogens is 239 g/mol. The predicted molar refractivity (Wildman–Crippen MR) is 52.0 cm³/mol. The largest absolute Gasteiger partial charge is 0.435 e. The molecule has 1 rings (SSSR count). The van der Waals surface area contributed by atoms with E-state index in [-0.39, 0.29) is 12.5 Å². The third-order valence-corrected chi connectivity index (χ3v) is 2.16. The fraction of sp³-hybridized carbons (Fsp3) is 0.778. The van der Waals surface area contributed by atoms with E-state index in [4.69, 9.17) is 9.84 Å². The maximum Gasteiger partial charge on any atom is 0.435 e. The van der Waals surface area contributed by atoms with E-state index < -0.39 is 24.2 Å². The molecule has 0 bridgehead atoms. The van der Waals surface area contributed by atoms with Crippen molar-refractivity contribution in [1.82, 2.24) is 15.0 Å². The van der Waals surface area contributed by atoms with Crippen molar-refractivity contribution >= 4 is 0 Å². The summed E-state index contributed by atoms with van der Waals surface area (Å²) in [4.78, 5) is 0. The van der Waals surface area contributed by atoms with E-state index in [2.05, 4.69) is 10.3 Å². The highest BCUT2D eigenvalue weighted by atomic mass is 19.4. The van der Waals surface area contributed by atoms with Gasteiger partial charge in [-0.3, -0.25) is 0 Å². The second-order valence-electron chi connectivity index (χ2n) is 3.78. The summed E-state index contributed by atoms with van der Waals surface area (Å²) in [6, 6.07) is 0. The van der Waals surface area contributed by atoms with Crippen LogP contribution in [0.4, 0.5) is 13.2 Å². The van der Waals surface area contributed by atoms with Crippen molar-refractivity contribution in [3.05, 3.63) is 11.4 Å². The maximum atomic E-state index is 12.7. The van der Waals surface area contributed by atoms with Crippen molar-refractivity contribution in [2.24, 2.45) is 5.92 Å². The van der Waals surface area contributed by atoms with Crippen molar-refractivity contribution in [2.45, 2.75) is 26.3 Å². The van der Waals surface area contributed by atoms with Gasteiger partial charge in [0.25, 0.3) is 0 Å². The minimum absolute atomic E-state index is 0.0374. The Morgan fingerprint density at radius 1 is 1.47 bits per heavy atom. The highest BCUT2D eigenvalue weighted by molar-refractivity contribution is 5.13. The van der Waals surface area contributed by atoms with Gasteiger partial charge in [0.1, 0.15) is 5.69 Å². The Morgan fingerprint density at radius 2 is 2.12 bits per heavy atom. The Balaban J connectivity index is 2.96. The second kappa shape index (κ2) is 5.46. The number of rotatable bonds is 5. The third-order valence-electron chi connectivity index (χ3n) is 2.16. The lowest BCUT2D eigenvalue weighted by Gasteiger charge is -2.14. The molecule has 1 N–H and O–H groups in total. The van der Waals surface area contributed by atoms with Gasteiger partial charge in [0.2, 0.25) is 0 Å². The number of aliphatic hydroxyl groups excluding tert-OH is 1. The molecule has 1 aromatic heterocycles. The predicted octanol–water partition coefficient (Wildman–Crippen LogP) is 1.07. The molecule has 17 heavy (non-hydrogen) atoms. The Labute approximate surface area is 96.2 Å². The van der Waals surface area contributed by atoms with Gasteiger partial charge in [0, 0.05) is 13.7 Å². The van der Waals surface area contributed by atoms with Crippen LogP contribution in [0, 0.1) is 5.92 Å². The Hall–Kier alpha value is -1.15. The van der Waals surface area contributed by atoms with Gasteiger partial charge in [-0.1, -0.05) is 12.1 Å². The van der Waals surface area contributed by atoms with Gasteiger partial charge >= 0.3 is 6.18 Å². The van der Waals surface area contributed by atoms with Crippen LogP contribution in [-0.2, 0) is 24.1 Å². The molecular formula is C9H14F3N3O2. The number of ether oxygens (including phenoxy) is 1. The standard InChI is InChI=1S/C9H14F3N3O2/c1-6(5-17-2)3-15-8(9(10,11)12)7(4-16)13-14-15/h6,16H,3-5H2,1-2H3. The van der Waals surface area contributed by atoms with Crippen molar-refractivity contribution in [3.63, 3.8) is 0 Å². The van der Waals surface area contributed by atoms with Crippen LogP contribution in [0.2, 0.25) is 0 Å². The normalized spacial score (nSPS) is 14.0. The lowest BCUT2D eigenvalue weighted by atomic mass is 10.2. The van der Waals surface area contributed by atoms with Gasteiger partial charge in [-0.2, -0.15) is 13.2 Å². The molecule has 0 saturated heterocycles. The van der Waals surface area contributed by atoms with Crippen LogP contribution in [0.25, 0.3) is 0 Å². The highest BCUT2D eigenvalue weighted by Gasteiger charge is 2.39. The van der Waals surface area contributed by atoms with E-state index in [9.17, 15) is 13.2 Å². The summed E-state index contributed by atoms with van der Waals surface area (Å²) in [5.41, 5.74) is -1.45. The molecule has 8 heteroatoms. The van der Waals surface area contributed by atoms with Gasteiger partial charge in [0.05, 0.1) is 13.2 Å². The van der Waals surface area contributed by atoms with Crippen LogP contribution in [0.5, 0.6) is 0 Å². The molecule has 1 atom stereocenters. The first-order valence-electron chi connectivity index (χ1n) is 4.99. The first kappa shape index (κ1) is 13.9. The molecule has 0 aliphatic heterocycles. The van der Waals surface area contributed by atoms with Gasteiger partial charge in [-0.05, 0) is 5.92 Å². The molecule has 1 heterocycles. The van der Waals surface area contributed by atoms with E-state index in [1.165, 1.54) is 7.11 Å². The van der Waals surface area contributed by atoms with Gasteiger partial charge in [0.15, 0.2) is 5.69 Å². The fourth-order valence-electron chi connectivity index (χ4n) is 1.53. The van der Waals surface area contributed by atoms with Gasteiger partial charge in [-0.15, -0.1) is 5.10 Å². The molecule has 5 nitrogen and oxygen atoms in total. The van der Waals surface area contributed by atoms with Crippen molar-refractivity contribution in [3.8, 4) is 0 Å². The zero-order chi connectivity index (χ0) is 13.1. The number of hydrogen-bond acceptors (Lipinski definition) is 4. The summed E-state index contributed by atoms with van der Waals surface area (Å²) in [6.45, 7) is 1.32. The van der Waals surface area contributed by atoms with Crippen molar-refractivity contribution in [1.29, 1.82) is 0 Å². The summed E-state index contributed by atoms with van der Waals surface area (Å²) >= 11 is 0. The smallest absolute Gasteiger partial charge is 0.390 e. The van der Waals surface area contributed by atoms with Crippen LogP contribution in [0.1, 0.15) is 18.3 Å². The average molecular weight is 253 g/mol.